The number of furan rings is 1. The molecule has 4 aromatic heterocycles. The van der Waals surface area contributed by atoms with E-state index in [4.69, 9.17) is 28.8 Å². The lowest BCUT2D eigenvalue weighted by molar-refractivity contribution is 0.615. The monoisotopic (exact) mass is 681 g/mol. The summed E-state index contributed by atoms with van der Waals surface area (Å²) in [5.41, 5.74) is 9.74. The Hall–Kier alpha value is -7.38. The van der Waals surface area contributed by atoms with Gasteiger partial charge in [-0.3, -0.25) is 0 Å². The van der Waals surface area contributed by atoms with Crippen LogP contribution in [-0.4, -0.2) is 24.5 Å². The van der Waals surface area contributed by atoms with E-state index >= 15 is 0 Å². The Kier molecular flexibility index (Phi) is 6.42. The SMILES string of the molecule is c1ccc(-c2nc(-c3ccc4c(c3)c3ccccc3n4-c3ccccc3)nc(-c3cccc4oc5c(-c6nc7ccccc7o6)cccc5c34)n2)cc1. The van der Waals surface area contributed by atoms with Crippen LogP contribution in [0.25, 0.3) is 106 Å². The van der Waals surface area contributed by atoms with E-state index in [-0.39, 0.29) is 0 Å². The molecule has 0 atom stereocenters. The highest BCUT2D eigenvalue weighted by Gasteiger charge is 2.22. The van der Waals surface area contributed by atoms with Crippen molar-refractivity contribution in [2.24, 2.45) is 0 Å². The van der Waals surface area contributed by atoms with Gasteiger partial charge in [-0.05, 0) is 60.7 Å². The van der Waals surface area contributed by atoms with Crippen LogP contribution in [0.4, 0.5) is 0 Å². The fourth-order valence-electron chi connectivity index (χ4n) is 7.50. The van der Waals surface area contributed by atoms with Gasteiger partial charge in [-0.2, -0.15) is 0 Å². The van der Waals surface area contributed by atoms with Crippen LogP contribution in [0, 0.1) is 0 Å². The number of benzene rings is 7. The number of para-hydroxylation sites is 5. The van der Waals surface area contributed by atoms with Crippen molar-refractivity contribution in [1.29, 1.82) is 0 Å². The molecule has 0 N–H and O–H groups in total. The summed E-state index contributed by atoms with van der Waals surface area (Å²) in [4.78, 5) is 20.2. The molecule has 0 bridgehead atoms. The van der Waals surface area contributed by atoms with Crippen molar-refractivity contribution in [2.75, 3.05) is 0 Å². The van der Waals surface area contributed by atoms with Crippen LogP contribution < -0.4 is 0 Å². The topological polar surface area (TPSA) is 82.8 Å². The summed E-state index contributed by atoms with van der Waals surface area (Å²) in [6, 6.07) is 55.3. The number of hydrogen-bond acceptors (Lipinski definition) is 6. The van der Waals surface area contributed by atoms with E-state index in [0.717, 1.165) is 77.2 Å². The minimum absolute atomic E-state index is 0.509. The summed E-state index contributed by atoms with van der Waals surface area (Å²) >= 11 is 0. The predicted octanol–water partition coefficient (Wildman–Crippen LogP) is 11.7. The molecule has 11 aromatic rings. The van der Waals surface area contributed by atoms with Crippen molar-refractivity contribution in [1.82, 2.24) is 24.5 Å². The number of aromatic nitrogens is 5. The molecule has 0 saturated heterocycles. The largest absolute Gasteiger partial charge is 0.455 e. The average molecular weight is 682 g/mol. The molecule has 248 valence electrons. The lowest BCUT2D eigenvalue weighted by Crippen LogP contribution is -2.00. The van der Waals surface area contributed by atoms with Crippen LogP contribution in [0.2, 0.25) is 0 Å². The van der Waals surface area contributed by atoms with Gasteiger partial charge in [0.2, 0.25) is 5.89 Å². The molecule has 0 fully saturated rings. The van der Waals surface area contributed by atoms with E-state index < -0.39 is 0 Å². The Morgan fingerprint density at radius 2 is 1.08 bits per heavy atom. The summed E-state index contributed by atoms with van der Waals surface area (Å²) in [7, 11) is 0. The number of hydrogen-bond donors (Lipinski definition) is 0. The van der Waals surface area contributed by atoms with Crippen LogP contribution in [0.3, 0.4) is 0 Å². The maximum atomic E-state index is 6.58. The molecule has 0 spiro atoms. The first kappa shape index (κ1) is 29.4. The van der Waals surface area contributed by atoms with Gasteiger partial charge in [0.1, 0.15) is 16.7 Å². The smallest absolute Gasteiger partial charge is 0.231 e. The van der Waals surface area contributed by atoms with E-state index in [9.17, 15) is 0 Å². The molecule has 0 aliphatic heterocycles. The van der Waals surface area contributed by atoms with E-state index in [1.165, 1.54) is 0 Å². The Bertz CT molecular complexity index is 3150. The van der Waals surface area contributed by atoms with Crippen molar-refractivity contribution in [2.45, 2.75) is 0 Å². The maximum Gasteiger partial charge on any atom is 0.231 e. The number of oxazole rings is 1. The van der Waals surface area contributed by atoms with E-state index in [1.807, 2.05) is 91.0 Å². The number of fused-ring (bicyclic) bond motifs is 7. The van der Waals surface area contributed by atoms with Gasteiger partial charge in [0.25, 0.3) is 0 Å². The molecule has 7 heteroatoms. The molecule has 11 rings (SSSR count). The van der Waals surface area contributed by atoms with E-state index in [0.29, 0.717) is 28.9 Å². The fourth-order valence-corrected chi connectivity index (χ4v) is 7.50. The lowest BCUT2D eigenvalue weighted by Gasteiger charge is -2.10. The molecule has 0 saturated carbocycles. The Morgan fingerprint density at radius 3 is 1.94 bits per heavy atom. The summed E-state index contributed by atoms with van der Waals surface area (Å²) in [5.74, 6) is 2.25. The number of rotatable bonds is 5. The quantitative estimate of drug-likeness (QED) is 0.180. The zero-order valence-corrected chi connectivity index (χ0v) is 28.1. The molecule has 7 nitrogen and oxygen atoms in total. The van der Waals surface area contributed by atoms with Crippen LogP contribution >= 0.6 is 0 Å². The van der Waals surface area contributed by atoms with Gasteiger partial charge in [-0.1, -0.05) is 103 Å². The van der Waals surface area contributed by atoms with Crippen molar-refractivity contribution >= 4 is 54.8 Å². The van der Waals surface area contributed by atoms with Gasteiger partial charge < -0.3 is 13.4 Å². The van der Waals surface area contributed by atoms with E-state index in [1.54, 1.807) is 0 Å². The predicted molar refractivity (Wildman–Crippen MR) is 211 cm³/mol. The highest BCUT2D eigenvalue weighted by atomic mass is 16.4. The second kappa shape index (κ2) is 11.6. The van der Waals surface area contributed by atoms with Gasteiger partial charge in [-0.25, -0.2) is 19.9 Å². The third kappa shape index (κ3) is 4.68. The van der Waals surface area contributed by atoms with Crippen LogP contribution in [0.5, 0.6) is 0 Å². The summed E-state index contributed by atoms with van der Waals surface area (Å²) in [5, 5.41) is 4.13. The molecule has 0 unspecified atom stereocenters. The maximum absolute atomic E-state index is 6.58. The van der Waals surface area contributed by atoms with Gasteiger partial charge in [0.05, 0.1) is 16.6 Å². The second-order valence-corrected chi connectivity index (χ2v) is 13.0. The normalized spacial score (nSPS) is 11.8. The summed E-state index contributed by atoms with van der Waals surface area (Å²) in [6.45, 7) is 0. The summed E-state index contributed by atoms with van der Waals surface area (Å²) in [6.07, 6.45) is 0. The van der Waals surface area contributed by atoms with E-state index in [2.05, 4.69) is 77.4 Å². The third-order valence-corrected chi connectivity index (χ3v) is 9.90. The van der Waals surface area contributed by atoms with Crippen molar-refractivity contribution in [3.05, 3.63) is 164 Å². The molecular weight excluding hydrogens is 655 g/mol. The Balaban J connectivity index is 1.13. The zero-order chi connectivity index (χ0) is 34.9. The van der Waals surface area contributed by atoms with Crippen molar-refractivity contribution < 1.29 is 8.83 Å². The number of nitrogens with zero attached hydrogens (tertiary/aromatic N) is 5. The lowest BCUT2D eigenvalue weighted by atomic mass is 10.0. The van der Waals surface area contributed by atoms with Crippen LogP contribution in [-0.2, 0) is 0 Å². The van der Waals surface area contributed by atoms with Crippen LogP contribution in [0.15, 0.2) is 173 Å². The Morgan fingerprint density at radius 1 is 0.415 bits per heavy atom. The first-order valence-corrected chi connectivity index (χ1v) is 17.5. The van der Waals surface area contributed by atoms with Crippen LogP contribution in [0.1, 0.15) is 0 Å². The Labute approximate surface area is 302 Å². The zero-order valence-electron chi connectivity index (χ0n) is 28.1. The van der Waals surface area contributed by atoms with Gasteiger partial charge >= 0.3 is 0 Å². The molecular formula is C46H27N5O2. The molecule has 0 aliphatic rings. The highest BCUT2D eigenvalue weighted by Crippen LogP contribution is 2.41. The average Bonchev–Trinajstić information content (AvgIpc) is 3.93. The highest BCUT2D eigenvalue weighted by molar-refractivity contribution is 6.15. The first-order valence-electron chi connectivity index (χ1n) is 17.5. The molecule has 0 radical (unpaired) electrons. The fraction of sp³-hybridized carbons (Fsp3) is 0. The molecule has 0 amide bonds. The minimum atomic E-state index is 0.509. The van der Waals surface area contributed by atoms with Gasteiger partial charge in [-0.15, -0.1) is 0 Å². The third-order valence-electron chi connectivity index (χ3n) is 9.90. The summed E-state index contributed by atoms with van der Waals surface area (Å²) < 4.78 is 15.1. The molecule has 7 aromatic carbocycles. The van der Waals surface area contributed by atoms with Crippen molar-refractivity contribution in [3.63, 3.8) is 0 Å². The van der Waals surface area contributed by atoms with Gasteiger partial charge in [0, 0.05) is 43.9 Å². The second-order valence-electron chi connectivity index (χ2n) is 13.0. The standard InChI is InChI=1S/C46H27N5O2/c1-3-13-28(14-4-1)43-48-44(29-25-26-38-35(27-29)31-17-7-9-22-37(31)51(38)30-15-5-2-6-16-30)50-45(49-43)33-19-12-24-40-41(33)32-18-11-20-34(42(32)52-40)46-47-36-21-8-10-23-39(36)53-46/h1-27H. The first-order chi connectivity index (χ1) is 26.3. The molecule has 53 heavy (non-hydrogen) atoms. The minimum Gasteiger partial charge on any atom is -0.455 e. The molecule has 0 aliphatic carbocycles. The van der Waals surface area contributed by atoms with Gasteiger partial charge in [0.15, 0.2) is 23.1 Å². The molecule has 4 heterocycles. The van der Waals surface area contributed by atoms with Crippen molar-refractivity contribution in [3.8, 4) is 51.3 Å².